The Balaban J connectivity index is 1.58. The number of benzene rings is 3. The Labute approximate surface area is 198 Å². The number of carbonyl (C=O) groups excluding carboxylic acids is 1. The van der Waals surface area contributed by atoms with E-state index in [0.29, 0.717) is 48.8 Å². The first kappa shape index (κ1) is 22.2. The standard InChI is InChI=1S/C24H16Cl3NO4/c1-13-24(32-20-5-3-2-4-19(20)27)23(30)18-7-6-14(8-21(18)31-13)9-22(29)28-17-11-15(25)10-16(26)12-17/h2-8,10-12H,9H2,1H3,(H,28,29). The Hall–Kier alpha value is -2.99. The smallest absolute Gasteiger partial charge is 0.235 e. The topological polar surface area (TPSA) is 68.5 Å². The van der Waals surface area contributed by atoms with Gasteiger partial charge in [-0.25, -0.2) is 0 Å². The number of halogens is 3. The maximum Gasteiger partial charge on any atom is 0.235 e. The predicted octanol–water partition coefficient (Wildman–Crippen LogP) is 7.04. The van der Waals surface area contributed by atoms with E-state index >= 15 is 0 Å². The second kappa shape index (κ2) is 9.25. The molecule has 0 fully saturated rings. The normalized spacial score (nSPS) is 10.9. The van der Waals surface area contributed by atoms with E-state index in [4.69, 9.17) is 44.0 Å². The molecule has 0 saturated heterocycles. The summed E-state index contributed by atoms with van der Waals surface area (Å²) in [5.41, 5.74) is 1.20. The summed E-state index contributed by atoms with van der Waals surface area (Å²) >= 11 is 18.1. The fraction of sp³-hybridized carbons (Fsp3) is 0.0833. The Kier molecular flexibility index (Phi) is 6.42. The van der Waals surface area contributed by atoms with E-state index < -0.39 is 0 Å². The van der Waals surface area contributed by atoms with Crippen LogP contribution in [0.1, 0.15) is 11.3 Å². The summed E-state index contributed by atoms with van der Waals surface area (Å²) in [7, 11) is 0. The maximum atomic E-state index is 13.0. The summed E-state index contributed by atoms with van der Waals surface area (Å²) in [4.78, 5) is 25.4. The molecule has 0 unspecified atom stereocenters. The van der Waals surface area contributed by atoms with E-state index in [0.717, 1.165) is 0 Å². The zero-order chi connectivity index (χ0) is 22.8. The minimum atomic E-state index is -0.326. The van der Waals surface area contributed by atoms with Crippen LogP contribution in [-0.2, 0) is 11.2 Å². The molecular formula is C24H16Cl3NO4. The zero-order valence-electron chi connectivity index (χ0n) is 16.7. The van der Waals surface area contributed by atoms with E-state index in [1.54, 1.807) is 67.6 Å². The summed E-state index contributed by atoms with van der Waals surface area (Å²) in [5, 5.41) is 4.32. The summed E-state index contributed by atoms with van der Waals surface area (Å²) in [5.74, 6) is 0.463. The molecule has 1 amide bonds. The zero-order valence-corrected chi connectivity index (χ0v) is 19.0. The fourth-order valence-corrected chi connectivity index (χ4v) is 3.91. The molecule has 8 heteroatoms. The first-order chi connectivity index (χ1) is 15.3. The molecule has 3 aromatic carbocycles. The number of para-hydroxylation sites is 1. The first-order valence-electron chi connectivity index (χ1n) is 9.55. The molecule has 0 radical (unpaired) electrons. The van der Waals surface area contributed by atoms with Crippen molar-refractivity contribution in [3.05, 3.63) is 97.3 Å². The number of hydrogen-bond donors (Lipinski definition) is 1. The molecule has 32 heavy (non-hydrogen) atoms. The number of anilines is 1. The molecule has 0 atom stereocenters. The quantitative estimate of drug-likeness (QED) is 0.327. The molecule has 1 heterocycles. The van der Waals surface area contributed by atoms with Gasteiger partial charge in [0, 0.05) is 15.7 Å². The number of rotatable bonds is 5. The first-order valence-corrected chi connectivity index (χ1v) is 10.7. The van der Waals surface area contributed by atoms with Crippen LogP contribution in [0.25, 0.3) is 11.0 Å². The van der Waals surface area contributed by atoms with Crippen molar-refractivity contribution >= 4 is 57.4 Å². The monoisotopic (exact) mass is 487 g/mol. The van der Waals surface area contributed by atoms with E-state index in [-0.39, 0.29) is 23.5 Å². The average Bonchev–Trinajstić information content (AvgIpc) is 2.71. The Morgan fingerprint density at radius 3 is 2.44 bits per heavy atom. The lowest BCUT2D eigenvalue weighted by atomic mass is 10.1. The number of ether oxygens (including phenoxy) is 1. The van der Waals surface area contributed by atoms with Crippen molar-refractivity contribution in [2.24, 2.45) is 0 Å². The molecule has 1 aromatic heterocycles. The number of fused-ring (bicyclic) bond motifs is 1. The van der Waals surface area contributed by atoms with Crippen LogP contribution >= 0.6 is 34.8 Å². The highest BCUT2D eigenvalue weighted by atomic mass is 35.5. The highest BCUT2D eigenvalue weighted by Crippen LogP contribution is 2.30. The molecule has 0 aliphatic heterocycles. The van der Waals surface area contributed by atoms with Crippen LogP contribution < -0.4 is 15.5 Å². The van der Waals surface area contributed by atoms with Crippen molar-refractivity contribution in [3.8, 4) is 11.5 Å². The number of carbonyl (C=O) groups is 1. The van der Waals surface area contributed by atoms with Gasteiger partial charge in [0.15, 0.2) is 0 Å². The molecule has 4 aromatic rings. The third-order valence-corrected chi connectivity index (χ3v) is 5.39. The second-order valence-electron chi connectivity index (χ2n) is 7.06. The summed E-state index contributed by atoms with van der Waals surface area (Å²) in [6, 6.07) is 16.6. The maximum absolute atomic E-state index is 13.0. The molecule has 0 bridgehead atoms. The summed E-state index contributed by atoms with van der Waals surface area (Å²) in [6.45, 7) is 1.63. The van der Waals surface area contributed by atoms with Crippen LogP contribution in [0.4, 0.5) is 5.69 Å². The molecule has 0 spiro atoms. The van der Waals surface area contributed by atoms with Crippen LogP contribution in [0.3, 0.4) is 0 Å². The molecule has 0 saturated carbocycles. The number of hydrogen-bond acceptors (Lipinski definition) is 4. The van der Waals surface area contributed by atoms with Gasteiger partial charge in [0.25, 0.3) is 0 Å². The number of amides is 1. The van der Waals surface area contributed by atoms with E-state index in [1.165, 1.54) is 0 Å². The molecule has 5 nitrogen and oxygen atoms in total. The van der Waals surface area contributed by atoms with E-state index in [2.05, 4.69) is 5.32 Å². The average molecular weight is 489 g/mol. The molecule has 0 aliphatic rings. The van der Waals surface area contributed by atoms with Gasteiger partial charge in [0.2, 0.25) is 17.1 Å². The molecule has 1 N–H and O–H groups in total. The lowest BCUT2D eigenvalue weighted by Gasteiger charge is -2.11. The second-order valence-corrected chi connectivity index (χ2v) is 8.34. The van der Waals surface area contributed by atoms with Gasteiger partial charge in [-0.15, -0.1) is 0 Å². The molecule has 0 aliphatic carbocycles. The van der Waals surface area contributed by atoms with Gasteiger partial charge in [0.05, 0.1) is 16.8 Å². The summed E-state index contributed by atoms with van der Waals surface area (Å²) in [6.07, 6.45) is 0.0701. The van der Waals surface area contributed by atoms with Crippen molar-refractivity contribution in [3.63, 3.8) is 0 Å². The number of aryl methyl sites for hydroxylation is 1. The number of nitrogens with one attached hydrogen (secondary N) is 1. The fourth-order valence-electron chi connectivity index (χ4n) is 3.21. The largest absolute Gasteiger partial charge is 0.457 e. The van der Waals surface area contributed by atoms with Crippen LogP contribution in [0.2, 0.25) is 15.1 Å². The lowest BCUT2D eigenvalue weighted by molar-refractivity contribution is -0.115. The summed E-state index contributed by atoms with van der Waals surface area (Å²) < 4.78 is 11.6. The van der Waals surface area contributed by atoms with Crippen LogP contribution in [-0.4, -0.2) is 5.91 Å². The van der Waals surface area contributed by atoms with Gasteiger partial charge in [0.1, 0.15) is 17.1 Å². The molecular weight excluding hydrogens is 473 g/mol. The molecule has 162 valence electrons. The van der Waals surface area contributed by atoms with Crippen LogP contribution in [0.5, 0.6) is 11.5 Å². The highest BCUT2D eigenvalue weighted by molar-refractivity contribution is 6.35. The Morgan fingerprint density at radius 1 is 1.00 bits per heavy atom. The SMILES string of the molecule is Cc1oc2cc(CC(=O)Nc3cc(Cl)cc(Cl)c3)ccc2c(=O)c1Oc1ccccc1Cl. The van der Waals surface area contributed by atoms with Crippen LogP contribution in [0, 0.1) is 6.92 Å². The van der Waals surface area contributed by atoms with Gasteiger partial charge >= 0.3 is 0 Å². The van der Waals surface area contributed by atoms with Gasteiger partial charge in [-0.1, -0.05) is 53.0 Å². The third kappa shape index (κ3) is 4.91. The van der Waals surface area contributed by atoms with E-state index in [9.17, 15) is 9.59 Å². The minimum absolute atomic E-state index is 0.0638. The van der Waals surface area contributed by atoms with Crippen molar-refractivity contribution in [2.75, 3.05) is 5.32 Å². The van der Waals surface area contributed by atoms with Gasteiger partial charge < -0.3 is 14.5 Å². The van der Waals surface area contributed by atoms with Crippen molar-refractivity contribution in [1.82, 2.24) is 0 Å². The van der Waals surface area contributed by atoms with Gasteiger partial charge in [-0.3, -0.25) is 9.59 Å². The minimum Gasteiger partial charge on any atom is -0.457 e. The lowest BCUT2D eigenvalue weighted by Crippen LogP contribution is -2.14. The third-order valence-electron chi connectivity index (χ3n) is 4.64. The Morgan fingerprint density at radius 2 is 1.72 bits per heavy atom. The van der Waals surface area contributed by atoms with Gasteiger partial charge in [-0.05, 0) is 55.0 Å². The van der Waals surface area contributed by atoms with Crippen molar-refractivity contribution < 1.29 is 13.9 Å². The van der Waals surface area contributed by atoms with Gasteiger partial charge in [-0.2, -0.15) is 0 Å². The Bertz CT molecular complexity index is 1380. The predicted molar refractivity (Wildman–Crippen MR) is 128 cm³/mol. The molecule has 4 rings (SSSR count). The van der Waals surface area contributed by atoms with Crippen molar-refractivity contribution in [2.45, 2.75) is 13.3 Å². The van der Waals surface area contributed by atoms with Crippen molar-refractivity contribution in [1.29, 1.82) is 0 Å². The van der Waals surface area contributed by atoms with E-state index in [1.807, 2.05) is 0 Å². The van der Waals surface area contributed by atoms with Crippen LogP contribution in [0.15, 0.2) is 69.9 Å². The highest BCUT2D eigenvalue weighted by Gasteiger charge is 2.16.